The van der Waals surface area contributed by atoms with Crippen molar-refractivity contribution in [1.82, 2.24) is 9.62 Å². The Labute approximate surface area is 99.6 Å². The number of alkyl halides is 1. The third-order valence-corrected chi connectivity index (χ3v) is 6.09. The summed E-state index contributed by atoms with van der Waals surface area (Å²) >= 11 is 3.00. The Morgan fingerprint density at radius 2 is 2.07 bits per heavy atom. The summed E-state index contributed by atoms with van der Waals surface area (Å²) in [5.41, 5.74) is 0. The average Bonchev–Trinajstić information content (AvgIpc) is 2.62. The van der Waals surface area contributed by atoms with Gasteiger partial charge in [0.05, 0.1) is 0 Å². The van der Waals surface area contributed by atoms with Crippen molar-refractivity contribution < 1.29 is 8.42 Å². The van der Waals surface area contributed by atoms with E-state index in [0.717, 1.165) is 25.9 Å². The molecule has 0 saturated carbocycles. The van der Waals surface area contributed by atoms with Crippen LogP contribution in [0.25, 0.3) is 0 Å². The van der Waals surface area contributed by atoms with E-state index in [4.69, 9.17) is 0 Å². The fraction of sp³-hybridized carbons (Fsp3) is 1.00. The molecule has 0 aliphatic carbocycles. The number of halogens is 1. The van der Waals surface area contributed by atoms with Crippen LogP contribution in [0.4, 0.5) is 0 Å². The van der Waals surface area contributed by atoms with Crippen molar-refractivity contribution in [2.45, 2.75) is 37.8 Å². The van der Waals surface area contributed by atoms with Crippen molar-refractivity contribution in [3.05, 3.63) is 0 Å². The summed E-state index contributed by atoms with van der Waals surface area (Å²) in [6, 6.07) is 0.570. The van der Waals surface area contributed by atoms with Gasteiger partial charge in [-0.15, -0.1) is 0 Å². The summed E-state index contributed by atoms with van der Waals surface area (Å²) in [5, 5.41) is 0. The number of piperidine rings is 1. The molecular weight excluding hydrogens is 280 g/mol. The fourth-order valence-electron chi connectivity index (χ4n) is 2.65. The Bertz CT molecular complexity index is 320. The number of rotatable bonds is 3. The highest BCUT2D eigenvalue weighted by molar-refractivity contribution is 9.10. The molecule has 2 atom stereocenters. The molecular formula is C9H17BrN2O2S. The van der Waals surface area contributed by atoms with E-state index in [1.54, 1.807) is 0 Å². The first kappa shape index (κ1) is 11.8. The summed E-state index contributed by atoms with van der Waals surface area (Å²) in [7, 11) is -3.11. The maximum absolute atomic E-state index is 11.5. The lowest BCUT2D eigenvalue weighted by Gasteiger charge is -2.32. The molecule has 4 nitrogen and oxygen atoms in total. The van der Waals surface area contributed by atoms with E-state index in [-0.39, 0.29) is 10.7 Å². The zero-order valence-corrected chi connectivity index (χ0v) is 11.1. The highest BCUT2D eigenvalue weighted by Crippen LogP contribution is 2.27. The van der Waals surface area contributed by atoms with E-state index in [2.05, 4.69) is 25.6 Å². The molecule has 2 fully saturated rings. The lowest BCUT2D eigenvalue weighted by Crippen LogP contribution is -2.46. The van der Waals surface area contributed by atoms with Gasteiger partial charge in [-0.1, -0.05) is 22.4 Å². The van der Waals surface area contributed by atoms with E-state index in [1.165, 1.54) is 12.8 Å². The summed E-state index contributed by atoms with van der Waals surface area (Å²) in [4.78, 5) is 2.42. The number of nitrogens with zero attached hydrogens (tertiary/aromatic N) is 1. The van der Waals surface area contributed by atoms with E-state index in [1.807, 2.05) is 0 Å². The van der Waals surface area contributed by atoms with Gasteiger partial charge in [0.2, 0.25) is 10.0 Å². The van der Waals surface area contributed by atoms with Gasteiger partial charge in [-0.25, -0.2) is 13.1 Å². The Morgan fingerprint density at radius 3 is 2.80 bits per heavy atom. The van der Waals surface area contributed by atoms with Crippen LogP contribution in [0.15, 0.2) is 0 Å². The first-order valence-corrected chi connectivity index (χ1v) is 8.20. The van der Waals surface area contributed by atoms with Crippen molar-refractivity contribution in [3.63, 3.8) is 0 Å². The van der Waals surface area contributed by atoms with E-state index in [0.29, 0.717) is 6.04 Å². The molecule has 2 saturated heterocycles. The van der Waals surface area contributed by atoms with Crippen LogP contribution in [0.2, 0.25) is 0 Å². The van der Waals surface area contributed by atoms with Gasteiger partial charge in [0.25, 0.3) is 0 Å². The van der Waals surface area contributed by atoms with Gasteiger partial charge in [0.1, 0.15) is 4.66 Å². The normalized spacial score (nSPS) is 32.9. The van der Waals surface area contributed by atoms with Crippen LogP contribution in [0, 0.1) is 0 Å². The molecule has 1 N–H and O–H groups in total. The molecule has 0 aromatic carbocycles. The van der Waals surface area contributed by atoms with Crippen molar-refractivity contribution >= 4 is 26.0 Å². The Kier molecular flexibility index (Phi) is 3.70. The molecule has 2 aliphatic heterocycles. The zero-order chi connectivity index (χ0) is 10.9. The largest absolute Gasteiger partial charge is 0.299 e. The first-order chi connectivity index (χ1) is 7.12. The molecule has 2 unspecified atom stereocenters. The third kappa shape index (κ3) is 2.72. The molecule has 0 amide bonds. The second kappa shape index (κ2) is 4.69. The molecule has 88 valence electrons. The van der Waals surface area contributed by atoms with Crippen LogP contribution in [0.5, 0.6) is 0 Å². The van der Waals surface area contributed by atoms with Gasteiger partial charge in [0, 0.05) is 18.6 Å². The molecule has 0 bridgehead atoms. The van der Waals surface area contributed by atoms with Crippen LogP contribution in [0.3, 0.4) is 0 Å². The molecule has 0 radical (unpaired) electrons. The van der Waals surface area contributed by atoms with Crippen LogP contribution in [-0.4, -0.2) is 43.2 Å². The van der Waals surface area contributed by atoms with Crippen LogP contribution in [-0.2, 0) is 10.0 Å². The summed E-state index contributed by atoms with van der Waals surface area (Å²) in [5.74, 6) is 0. The molecule has 6 heteroatoms. The van der Waals surface area contributed by atoms with Crippen LogP contribution >= 0.6 is 15.9 Å². The van der Waals surface area contributed by atoms with Crippen LogP contribution < -0.4 is 4.72 Å². The topological polar surface area (TPSA) is 49.4 Å². The number of fused-ring (bicyclic) bond motifs is 1. The third-order valence-electron chi connectivity index (χ3n) is 3.33. The van der Waals surface area contributed by atoms with Crippen molar-refractivity contribution in [1.29, 1.82) is 0 Å². The minimum Gasteiger partial charge on any atom is -0.299 e. The number of sulfonamides is 1. The fourth-order valence-corrected chi connectivity index (χ4v) is 3.84. The predicted molar refractivity (Wildman–Crippen MR) is 63.5 cm³/mol. The average molecular weight is 297 g/mol. The van der Waals surface area contributed by atoms with Crippen molar-refractivity contribution in [3.8, 4) is 0 Å². The molecule has 15 heavy (non-hydrogen) atoms. The summed E-state index contributed by atoms with van der Waals surface area (Å²) < 4.78 is 25.7. The van der Waals surface area contributed by atoms with Gasteiger partial charge in [0.15, 0.2) is 0 Å². The number of hydrogen-bond donors (Lipinski definition) is 1. The van der Waals surface area contributed by atoms with E-state index < -0.39 is 10.0 Å². The SMILES string of the molecule is O=S(=O)(CBr)NC1CCN2CCCCC12. The molecule has 2 rings (SSSR count). The zero-order valence-electron chi connectivity index (χ0n) is 8.65. The molecule has 2 aliphatic rings. The maximum Gasteiger partial charge on any atom is 0.221 e. The first-order valence-electron chi connectivity index (χ1n) is 5.42. The molecule has 0 aromatic heterocycles. The molecule has 0 spiro atoms. The van der Waals surface area contributed by atoms with Gasteiger partial charge >= 0.3 is 0 Å². The van der Waals surface area contributed by atoms with Gasteiger partial charge in [-0.2, -0.15) is 0 Å². The van der Waals surface area contributed by atoms with E-state index >= 15 is 0 Å². The number of nitrogens with one attached hydrogen (secondary N) is 1. The lowest BCUT2D eigenvalue weighted by molar-refractivity contribution is 0.186. The maximum atomic E-state index is 11.5. The standard InChI is InChI=1S/C9H17BrN2O2S/c10-7-15(13,14)11-8-4-6-12-5-2-1-3-9(8)12/h8-9,11H,1-7H2. The number of hydrogen-bond acceptors (Lipinski definition) is 3. The van der Waals surface area contributed by atoms with Gasteiger partial charge in [-0.3, -0.25) is 4.90 Å². The van der Waals surface area contributed by atoms with Crippen LogP contribution in [0.1, 0.15) is 25.7 Å². The molecule has 2 heterocycles. The Hall–Kier alpha value is 0.350. The summed E-state index contributed by atoms with van der Waals surface area (Å²) in [6.07, 6.45) is 4.58. The predicted octanol–water partition coefficient (Wildman–Crippen LogP) is 0.885. The molecule has 0 aromatic rings. The van der Waals surface area contributed by atoms with Crippen molar-refractivity contribution in [2.75, 3.05) is 17.8 Å². The second-order valence-corrected chi connectivity index (χ2v) is 7.39. The van der Waals surface area contributed by atoms with Crippen molar-refractivity contribution in [2.24, 2.45) is 0 Å². The monoisotopic (exact) mass is 296 g/mol. The van der Waals surface area contributed by atoms with Gasteiger partial charge in [-0.05, 0) is 25.8 Å². The highest BCUT2D eigenvalue weighted by Gasteiger charge is 2.37. The quantitative estimate of drug-likeness (QED) is 0.787. The Balaban J connectivity index is 1.99. The second-order valence-electron chi connectivity index (χ2n) is 4.34. The van der Waals surface area contributed by atoms with E-state index in [9.17, 15) is 8.42 Å². The summed E-state index contributed by atoms with van der Waals surface area (Å²) in [6.45, 7) is 2.18. The minimum atomic E-state index is -3.11. The Morgan fingerprint density at radius 1 is 1.27 bits per heavy atom. The highest BCUT2D eigenvalue weighted by atomic mass is 79.9. The van der Waals surface area contributed by atoms with Gasteiger partial charge < -0.3 is 0 Å². The lowest BCUT2D eigenvalue weighted by atomic mass is 10.00. The smallest absolute Gasteiger partial charge is 0.221 e. The minimum absolute atomic E-state index is 0.00319.